The molecule has 1 N–H and O–H groups in total. The molecule has 0 bridgehead atoms. The van der Waals surface area contributed by atoms with E-state index in [9.17, 15) is 28.1 Å². The summed E-state index contributed by atoms with van der Waals surface area (Å²) in [5, 5.41) is 14.9. The van der Waals surface area contributed by atoms with Gasteiger partial charge >= 0.3 is 0 Å². The van der Waals surface area contributed by atoms with Crippen LogP contribution in [0.3, 0.4) is 0 Å². The number of amides is 2. The second-order valence-corrected chi connectivity index (χ2v) is 13.3. The quantitative estimate of drug-likeness (QED) is 0.195. The van der Waals surface area contributed by atoms with Gasteiger partial charge in [0.05, 0.1) is 26.9 Å². The van der Waals surface area contributed by atoms with E-state index in [2.05, 4.69) is 5.32 Å². The van der Waals surface area contributed by atoms with Crippen molar-refractivity contribution in [3.63, 3.8) is 0 Å². The molecule has 0 aliphatic heterocycles. The molecular weight excluding hydrogens is 615 g/mol. The monoisotopic (exact) mass is 648 g/mol. The molecule has 0 aliphatic carbocycles. The molecule has 13 heteroatoms. The fourth-order valence-corrected chi connectivity index (χ4v) is 5.61. The van der Waals surface area contributed by atoms with Crippen LogP contribution >= 0.6 is 23.2 Å². The van der Waals surface area contributed by atoms with E-state index in [1.807, 2.05) is 44.2 Å². The summed E-state index contributed by atoms with van der Waals surface area (Å²) < 4.78 is 26.8. The third-order valence-corrected chi connectivity index (χ3v) is 8.51. The fourth-order valence-electron chi connectivity index (χ4n) is 4.39. The zero-order chi connectivity index (χ0) is 31.9. The SMILES string of the molecule is Cc1ccc([N+](=O)[O-])cc1N(CC(=O)N(Cc1ccc(Cl)c(Cl)c1)[C@@H](Cc1ccccc1)C(=O)NCC(C)C)S(C)(=O)=O. The molecule has 0 radical (unpaired) electrons. The molecule has 1 atom stereocenters. The van der Waals surface area contributed by atoms with E-state index in [-0.39, 0.29) is 35.3 Å². The number of benzene rings is 3. The highest BCUT2D eigenvalue weighted by Gasteiger charge is 2.34. The summed E-state index contributed by atoms with van der Waals surface area (Å²) in [6.45, 7) is 5.04. The number of aryl methyl sites for hydroxylation is 1. The number of hydrogen-bond acceptors (Lipinski definition) is 6. The summed E-state index contributed by atoms with van der Waals surface area (Å²) in [7, 11) is -4.10. The third-order valence-electron chi connectivity index (χ3n) is 6.64. The topological polar surface area (TPSA) is 130 Å². The van der Waals surface area contributed by atoms with Crippen LogP contribution in [0.4, 0.5) is 11.4 Å². The van der Waals surface area contributed by atoms with Gasteiger partial charge in [-0.05, 0) is 41.7 Å². The number of nitrogens with one attached hydrogen (secondary N) is 1. The zero-order valence-electron chi connectivity index (χ0n) is 24.3. The van der Waals surface area contributed by atoms with Gasteiger partial charge < -0.3 is 10.2 Å². The van der Waals surface area contributed by atoms with Crippen LogP contribution in [-0.4, -0.2) is 55.4 Å². The number of non-ortho nitro benzene ring substituents is 1. The summed E-state index contributed by atoms with van der Waals surface area (Å²) in [6, 6.07) is 16.7. The van der Waals surface area contributed by atoms with Gasteiger partial charge in [-0.25, -0.2) is 8.42 Å². The summed E-state index contributed by atoms with van der Waals surface area (Å²) in [4.78, 5) is 40.0. The second kappa shape index (κ2) is 14.7. The fraction of sp³-hybridized carbons (Fsp3) is 0.333. The zero-order valence-corrected chi connectivity index (χ0v) is 26.6. The number of carbonyl (C=O) groups excluding carboxylic acids is 2. The molecule has 3 rings (SSSR count). The van der Waals surface area contributed by atoms with E-state index < -0.39 is 39.3 Å². The lowest BCUT2D eigenvalue weighted by Gasteiger charge is -2.34. The maximum Gasteiger partial charge on any atom is 0.271 e. The van der Waals surface area contributed by atoms with Crippen molar-refractivity contribution >= 4 is 56.4 Å². The van der Waals surface area contributed by atoms with Crippen LogP contribution in [0.25, 0.3) is 0 Å². The van der Waals surface area contributed by atoms with Crippen LogP contribution in [0.5, 0.6) is 0 Å². The highest BCUT2D eigenvalue weighted by atomic mass is 35.5. The van der Waals surface area contributed by atoms with Gasteiger partial charge in [0.1, 0.15) is 12.6 Å². The first-order valence-electron chi connectivity index (χ1n) is 13.4. The van der Waals surface area contributed by atoms with Gasteiger partial charge in [-0.15, -0.1) is 0 Å². The molecule has 0 heterocycles. The number of nitrogens with zero attached hydrogens (tertiary/aromatic N) is 3. The average molecular weight is 650 g/mol. The number of hydrogen-bond donors (Lipinski definition) is 1. The smallest absolute Gasteiger partial charge is 0.271 e. The van der Waals surface area contributed by atoms with E-state index in [4.69, 9.17) is 23.2 Å². The van der Waals surface area contributed by atoms with Crippen molar-refractivity contribution in [3.05, 3.63) is 104 Å². The van der Waals surface area contributed by atoms with E-state index in [0.29, 0.717) is 22.7 Å². The molecule has 0 saturated heterocycles. The van der Waals surface area contributed by atoms with Crippen LogP contribution in [0, 0.1) is 23.0 Å². The van der Waals surface area contributed by atoms with E-state index in [1.54, 1.807) is 25.1 Å². The van der Waals surface area contributed by atoms with Crippen LogP contribution in [0.15, 0.2) is 66.7 Å². The Kier molecular flexibility index (Phi) is 11.5. The Morgan fingerprint density at radius 2 is 1.65 bits per heavy atom. The minimum Gasteiger partial charge on any atom is -0.354 e. The Morgan fingerprint density at radius 1 is 0.977 bits per heavy atom. The maximum atomic E-state index is 14.2. The molecule has 2 amide bonds. The first kappa shape index (κ1) is 33.8. The van der Waals surface area contributed by atoms with Crippen molar-refractivity contribution in [2.45, 2.75) is 39.8 Å². The van der Waals surface area contributed by atoms with Gasteiger partial charge in [-0.1, -0.05) is 79.5 Å². The first-order valence-corrected chi connectivity index (χ1v) is 16.1. The normalized spacial score (nSPS) is 12.1. The predicted molar refractivity (Wildman–Crippen MR) is 169 cm³/mol. The van der Waals surface area contributed by atoms with Gasteiger partial charge in [0.15, 0.2) is 0 Å². The Labute approximate surface area is 261 Å². The molecule has 0 saturated carbocycles. The van der Waals surface area contributed by atoms with Gasteiger partial charge in [0, 0.05) is 31.6 Å². The van der Waals surface area contributed by atoms with Gasteiger partial charge in [-0.2, -0.15) is 0 Å². The van der Waals surface area contributed by atoms with E-state index in [1.165, 1.54) is 17.0 Å². The highest BCUT2D eigenvalue weighted by Crippen LogP contribution is 2.29. The molecule has 0 unspecified atom stereocenters. The van der Waals surface area contributed by atoms with Crippen molar-refractivity contribution in [1.82, 2.24) is 10.2 Å². The average Bonchev–Trinajstić information content (AvgIpc) is 2.94. The molecule has 3 aromatic rings. The third kappa shape index (κ3) is 9.41. The van der Waals surface area contributed by atoms with Crippen molar-refractivity contribution < 1.29 is 22.9 Å². The van der Waals surface area contributed by atoms with E-state index >= 15 is 0 Å². The first-order chi connectivity index (χ1) is 20.2. The molecule has 43 heavy (non-hydrogen) atoms. The molecule has 0 fully saturated rings. The molecule has 0 aliphatic rings. The maximum absolute atomic E-state index is 14.2. The number of carbonyl (C=O) groups is 2. The van der Waals surface area contributed by atoms with Crippen molar-refractivity contribution in [2.24, 2.45) is 5.92 Å². The standard InChI is InChI=1S/C30H34Cl2N4O6S/c1-20(2)17-33-30(38)28(15-22-8-6-5-7-9-22)34(18-23-11-13-25(31)26(32)14-23)29(37)19-35(43(4,41)42)27-16-24(36(39)40)12-10-21(27)3/h5-14,16,20,28H,15,17-19H2,1-4H3,(H,33,38)/t28-/m0/s1. The number of halogens is 2. The van der Waals surface area contributed by atoms with Crippen molar-refractivity contribution in [2.75, 3.05) is 23.7 Å². The van der Waals surface area contributed by atoms with Crippen LogP contribution in [0.1, 0.15) is 30.5 Å². The van der Waals surface area contributed by atoms with Crippen LogP contribution in [0.2, 0.25) is 10.0 Å². The molecule has 230 valence electrons. The van der Waals surface area contributed by atoms with Gasteiger partial charge in [-0.3, -0.25) is 24.0 Å². The summed E-state index contributed by atoms with van der Waals surface area (Å²) in [5.41, 5.74) is 1.42. The van der Waals surface area contributed by atoms with Crippen molar-refractivity contribution in [3.8, 4) is 0 Å². The number of sulfonamides is 1. The van der Waals surface area contributed by atoms with Gasteiger partial charge in [0.2, 0.25) is 21.8 Å². The van der Waals surface area contributed by atoms with E-state index in [0.717, 1.165) is 22.2 Å². The Hall–Kier alpha value is -3.67. The second-order valence-electron chi connectivity index (χ2n) is 10.6. The minimum absolute atomic E-state index is 0.0107. The molecule has 0 spiro atoms. The van der Waals surface area contributed by atoms with Crippen LogP contribution in [-0.2, 0) is 32.6 Å². The van der Waals surface area contributed by atoms with Crippen molar-refractivity contribution in [1.29, 1.82) is 0 Å². The number of nitro benzene ring substituents is 1. The minimum atomic E-state index is -4.10. The molecule has 0 aromatic heterocycles. The largest absolute Gasteiger partial charge is 0.354 e. The lowest BCUT2D eigenvalue weighted by molar-refractivity contribution is -0.384. The number of nitro groups is 1. The number of rotatable bonds is 13. The van der Waals surface area contributed by atoms with Crippen LogP contribution < -0.4 is 9.62 Å². The molecular formula is C30H34Cl2N4O6S. The Bertz CT molecular complexity index is 1580. The Morgan fingerprint density at radius 3 is 2.23 bits per heavy atom. The Balaban J connectivity index is 2.12. The predicted octanol–water partition coefficient (Wildman–Crippen LogP) is 5.39. The lowest BCUT2D eigenvalue weighted by atomic mass is 10.0. The lowest BCUT2D eigenvalue weighted by Crippen LogP contribution is -2.53. The summed E-state index contributed by atoms with van der Waals surface area (Å²) in [6.07, 6.45) is 1.06. The highest BCUT2D eigenvalue weighted by molar-refractivity contribution is 7.92. The summed E-state index contributed by atoms with van der Waals surface area (Å²) in [5.74, 6) is -0.968. The van der Waals surface area contributed by atoms with Gasteiger partial charge in [0.25, 0.3) is 5.69 Å². The summed E-state index contributed by atoms with van der Waals surface area (Å²) >= 11 is 12.4. The molecule has 3 aromatic carbocycles. The molecule has 10 nitrogen and oxygen atoms in total. The number of anilines is 1.